The van der Waals surface area contributed by atoms with E-state index in [0.717, 1.165) is 51.4 Å². The van der Waals surface area contributed by atoms with Crippen LogP contribution in [0.5, 0.6) is 0 Å². The number of likely N-dealkylation sites (tertiary alicyclic amines) is 2. The molecule has 3 rings (SSSR count). The quantitative estimate of drug-likeness (QED) is 0.772. The van der Waals surface area contributed by atoms with Crippen molar-refractivity contribution in [3.63, 3.8) is 0 Å². The van der Waals surface area contributed by atoms with Crippen LogP contribution in [0.4, 0.5) is 0 Å². The molecule has 2 saturated heterocycles. The fourth-order valence-corrected chi connectivity index (χ4v) is 4.48. The van der Waals surface area contributed by atoms with Crippen LogP contribution in [0.2, 0.25) is 0 Å². The minimum absolute atomic E-state index is 0.255. The summed E-state index contributed by atoms with van der Waals surface area (Å²) in [5.41, 5.74) is 1.47. The number of aromatic amines is 1. The number of methoxy groups -OCH3 is 1. The van der Waals surface area contributed by atoms with Gasteiger partial charge in [0.05, 0.1) is 6.61 Å². The lowest BCUT2D eigenvalue weighted by Gasteiger charge is -2.48. The summed E-state index contributed by atoms with van der Waals surface area (Å²) in [6, 6.07) is 0. The van der Waals surface area contributed by atoms with Crippen molar-refractivity contribution < 1.29 is 9.53 Å². The first-order valence-corrected chi connectivity index (χ1v) is 10.2. The number of nitrogens with zero attached hydrogens (tertiary/aromatic N) is 3. The number of H-pyrrole nitrogens is 1. The fourth-order valence-electron chi connectivity index (χ4n) is 4.48. The van der Waals surface area contributed by atoms with E-state index in [1.807, 2.05) is 11.1 Å². The first-order chi connectivity index (χ1) is 12.6. The number of carbonyl (C=O) groups excluding carboxylic acids is 1. The van der Waals surface area contributed by atoms with E-state index < -0.39 is 0 Å². The highest BCUT2D eigenvalue weighted by molar-refractivity contribution is 5.77. The van der Waals surface area contributed by atoms with Gasteiger partial charge in [-0.1, -0.05) is 13.3 Å². The van der Waals surface area contributed by atoms with Crippen molar-refractivity contribution in [3.05, 3.63) is 17.7 Å². The van der Waals surface area contributed by atoms with Crippen molar-refractivity contribution in [1.29, 1.82) is 0 Å². The topological polar surface area (TPSA) is 61.5 Å². The Morgan fingerprint density at radius 1 is 1.35 bits per heavy atom. The van der Waals surface area contributed by atoms with Crippen LogP contribution in [0.15, 0.2) is 6.20 Å². The van der Waals surface area contributed by atoms with E-state index >= 15 is 0 Å². The van der Waals surface area contributed by atoms with Crippen LogP contribution >= 0.6 is 0 Å². The number of piperidine rings is 2. The molecule has 2 fully saturated rings. The van der Waals surface area contributed by atoms with Crippen molar-refractivity contribution in [1.82, 2.24) is 19.8 Å². The van der Waals surface area contributed by atoms with Gasteiger partial charge in [-0.05, 0) is 32.2 Å². The van der Waals surface area contributed by atoms with Crippen molar-refractivity contribution in [2.75, 3.05) is 39.9 Å². The van der Waals surface area contributed by atoms with E-state index in [2.05, 4.69) is 21.8 Å². The maximum Gasteiger partial charge on any atom is 0.222 e. The number of unbranched alkanes of at least 4 members (excludes halogenated alkanes) is 1. The normalized spacial score (nSPS) is 24.5. The van der Waals surface area contributed by atoms with Gasteiger partial charge < -0.3 is 14.6 Å². The maximum absolute atomic E-state index is 12.2. The molecule has 0 radical (unpaired) electrons. The molecule has 1 spiro atoms. The summed E-state index contributed by atoms with van der Waals surface area (Å²) >= 11 is 0. The summed E-state index contributed by atoms with van der Waals surface area (Å²) in [7, 11) is 1.70. The molecular weight excluding hydrogens is 328 g/mol. The van der Waals surface area contributed by atoms with Crippen molar-refractivity contribution in [3.8, 4) is 0 Å². The highest BCUT2D eigenvalue weighted by Gasteiger charge is 2.41. The first-order valence-electron chi connectivity index (χ1n) is 10.2. The third-order valence-corrected chi connectivity index (χ3v) is 5.90. The fraction of sp³-hybridized carbons (Fsp3) is 0.800. The number of ether oxygens (including phenoxy) is 1. The smallest absolute Gasteiger partial charge is 0.222 e. The number of amides is 1. The highest BCUT2D eigenvalue weighted by atomic mass is 16.5. The number of imidazole rings is 1. The first kappa shape index (κ1) is 19.4. The summed E-state index contributed by atoms with van der Waals surface area (Å²) in [5.74, 6) is 1.40. The number of carbonyl (C=O) groups is 1. The SMILES string of the molecule is CCCCc1ncc(CN2CCC[C@]3(CCC(=O)N(CCOC)C3)C2)[nH]1. The van der Waals surface area contributed by atoms with Crippen molar-refractivity contribution in [2.24, 2.45) is 5.41 Å². The monoisotopic (exact) mass is 362 g/mol. The predicted molar refractivity (Wildman–Crippen MR) is 102 cm³/mol. The average molecular weight is 363 g/mol. The molecule has 0 aliphatic carbocycles. The molecule has 0 unspecified atom stereocenters. The second-order valence-corrected chi connectivity index (χ2v) is 8.08. The highest BCUT2D eigenvalue weighted by Crippen LogP contribution is 2.39. The van der Waals surface area contributed by atoms with Gasteiger partial charge in [0, 0.05) is 63.4 Å². The van der Waals surface area contributed by atoms with Crippen molar-refractivity contribution in [2.45, 2.75) is 58.4 Å². The van der Waals surface area contributed by atoms with Gasteiger partial charge in [-0.15, -0.1) is 0 Å². The Hall–Kier alpha value is -1.40. The Morgan fingerprint density at radius 2 is 2.23 bits per heavy atom. The van der Waals surface area contributed by atoms with Gasteiger partial charge in [-0.2, -0.15) is 0 Å². The van der Waals surface area contributed by atoms with Crippen LogP contribution in [-0.2, 0) is 22.5 Å². The third kappa shape index (κ3) is 4.86. The summed E-state index contributed by atoms with van der Waals surface area (Å²) in [6.07, 6.45) is 9.57. The molecule has 1 atom stereocenters. The number of rotatable bonds is 8. The number of aryl methyl sites for hydroxylation is 1. The van der Waals surface area contributed by atoms with E-state index in [0.29, 0.717) is 18.9 Å². The van der Waals surface area contributed by atoms with Gasteiger partial charge in [0.1, 0.15) is 5.82 Å². The molecule has 146 valence electrons. The second-order valence-electron chi connectivity index (χ2n) is 8.08. The third-order valence-electron chi connectivity index (χ3n) is 5.90. The molecule has 3 heterocycles. The predicted octanol–water partition coefficient (Wildman–Crippen LogP) is 2.60. The zero-order valence-electron chi connectivity index (χ0n) is 16.4. The molecule has 6 heteroatoms. The van der Waals surface area contributed by atoms with Gasteiger partial charge in [-0.25, -0.2) is 4.98 Å². The van der Waals surface area contributed by atoms with Crippen LogP contribution in [0.1, 0.15) is 57.0 Å². The summed E-state index contributed by atoms with van der Waals surface area (Å²) in [5, 5.41) is 0. The molecular formula is C20H34N4O2. The van der Waals surface area contributed by atoms with E-state index in [1.165, 1.54) is 31.4 Å². The summed E-state index contributed by atoms with van der Waals surface area (Å²) < 4.78 is 5.18. The zero-order valence-corrected chi connectivity index (χ0v) is 16.4. The van der Waals surface area contributed by atoms with Gasteiger partial charge in [0.25, 0.3) is 0 Å². The van der Waals surface area contributed by atoms with Crippen molar-refractivity contribution >= 4 is 5.91 Å². The van der Waals surface area contributed by atoms with E-state index in [4.69, 9.17) is 4.74 Å². The molecule has 1 N–H and O–H groups in total. The van der Waals surface area contributed by atoms with Crippen LogP contribution in [0.3, 0.4) is 0 Å². The molecule has 0 aromatic carbocycles. The van der Waals surface area contributed by atoms with E-state index in [-0.39, 0.29) is 5.41 Å². The largest absolute Gasteiger partial charge is 0.383 e. The van der Waals surface area contributed by atoms with Crippen LogP contribution in [0, 0.1) is 5.41 Å². The Labute approximate surface area is 157 Å². The molecule has 0 saturated carbocycles. The van der Waals surface area contributed by atoms with Gasteiger partial charge in [0.15, 0.2) is 0 Å². The number of aromatic nitrogens is 2. The van der Waals surface area contributed by atoms with Crippen LogP contribution in [-0.4, -0.2) is 65.6 Å². The Kier molecular flexibility index (Phi) is 6.70. The lowest BCUT2D eigenvalue weighted by Crippen LogP contribution is -2.54. The molecule has 2 aliphatic heterocycles. The Balaban J connectivity index is 1.58. The molecule has 0 bridgehead atoms. The minimum atomic E-state index is 0.255. The minimum Gasteiger partial charge on any atom is -0.383 e. The van der Waals surface area contributed by atoms with Gasteiger partial charge >= 0.3 is 0 Å². The molecule has 1 amide bonds. The second kappa shape index (κ2) is 9.00. The van der Waals surface area contributed by atoms with Crippen LogP contribution in [0.25, 0.3) is 0 Å². The molecule has 1 aromatic rings. The number of nitrogens with one attached hydrogen (secondary N) is 1. The van der Waals surface area contributed by atoms with E-state index in [1.54, 1.807) is 7.11 Å². The molecule has 6 nitrogen and oxygen atoms in total. The maximum atomic E-state index is 12.2. The Bertz CT molecular complexity index is 588. The molecule has 26 heavy (non-hydrogen) atoms. The Morgan fingerprint density at radius 3 is 3.04 bits per heavy atom. The molecule has 2 aliphatic rings. The standard InChI is InChI=1S/C20H34N4O2/c1-3-4-6-18-21-13-17(22-18)14-23-10-5-8-20(15-23)9-7-19(25)24(16-20)11-12-26-2/h13H,3-12,14-16H2,1-2H3,(H,21,22)/t20-/m0/s1. The average Bonchev–Trinajstić information content (AvgIpc) is 3.08. The summed E-state index contributed by atoms with van der Waals surface area (Å²) in [4.78, 5) is 24.8. The number of hydrogen-bond donors (Lipinski definition) is 1. The lowest BCUT2D eigenvalue weighted by atomic mass is 9.73. The van der Waals surface area contributed by atoms with E-state index in [9.17, 15) is 4.79 Å². The summed E-state index contributed by atoms with van der Waals surface area (Å²) in [6.45, 7) is 7.59. The number of hydrogen-bond acceptors (Lipinski definition) is 4. The zero-order chi connectivity index (χ0) is 18.4. The van der Waals surface area contributed by atoms with Gasteiger partial charge in [-0.3, -0.25) is 9.69 Å². The molecule has 1 aromatic heterocycles. The lowest BCUT2D eigenvalue weighted by molar-refractivity contribution is -0.140. The van der Waals surface area contributed by atoms with Crippen LogP contribution < -0.4 is 0 Å². The van der Waals surface area contributed by atoms with Gasteiger partial charge in [0.2, 0.25) is 5.91 Å².